The Bertz CT molecular complexity index is 549. The molecule has 2 heterocycles. The molecule has 2 aromatic heterocycles. The van der Waals surface area contributed by atoms with E-state index in [2.05, 4.69) is 35.8 Å². The average Bonchev–Trinajstić information content (AvgIpc) is 2.56. The van der Waals surface area contributed by atoms with E-state index in [0.717, 1.165) is 35.6 Å². The molecule has 0 aromatic carbocycles. The van der Waals surface area contributed by atoms with Crippen LogP contribution in [-0.2, 0) is 6.42 Å². The third-order valence-electron chi connectivity index (χ3n) is 3.10. The Labute approximate surface area is 108 Å². The van der Waals surface area contributed by atoms with Crippen LogP contribution in [0.4, 0.5) is 0 Å². The first-order valence-corrected chi connectivity index (χ1v) is 6.40. The molecule has 0 radical (unpaired) electrons. The first-order chi connectivity index (χ1) is 8.52. The molecule has 0 aliphatic carbocycles. The summed E-state index contributed by atoms with van der Waals surface area (Å²) < 4.78 is 1.86. The molecule has 0 bridgehead atoms. The highest BCUT2D eigenvalue weighted by atomic mass is 15.4. The van der Waals surface area contributed by atoms with Gasteiger partial charge >= 0.3 is 0 Å². The van der Waals surface area contributed by atoms with E-state index in [1.54, 1.807) is 0 Å². The number of hydrogen-bond acceptors (Lipinski definition) is 3. The molecule has 96 valence electrons. The van der Waals surface area contributed by atoms with E-state index in [1.165, 1.54) is 5.56 Å². The van der Waals surface area contributed by atoms with Crippen molar-refractivity contribution in [2.45, 2.75) is 47.5 Å². The van der Waals surface area contributed by atoms with E-state index >= 15 is 0 Å². The summed E-state index contributed by atoms with van der Waals surface area (Å²) >= 11 is 0. The predicted molar refractivity (Wildman–Crippen MR) is 72.1 cm³/mol. The zero-order valence-electron chi connectivity index (χ0n) is 11.8. The predicted octanol–water partition coefficient (Wildman–Crippen LogP) is 2.85. The van der Waals surface area contributed by atoms with E-state index in [4.69, 9.17) is 0 Å². The van der Waals surface area contributed by atoms with Gasteiger partial charge in [0.1, 0.15) is 0 Å². The van der Waals surface area contributed by atoms with E-state index < -0.39 is 0 Å². The molecule has 0 aliphatic rings. The molecular formula is C14H20N4. The maximum absolute atomic E-state index is 4.57. The van der Waals surface area contributed by atoms with Gasteiger partial charge in [0, 0.05) is 17.1 Å². The van der Waals surface area contributed by atoms with Crippen molar-refractivity contribution < 1.29 is 0 Å². The van der Waals surface area contributed by atoms with Gasteiger partial charge in [-0.1, -0.05) is 13.3 Å². The summed E-state index contributed by atoms with van der Waals surface area (Å²) in [5, 5.41) is 4.57. The van der Waals surface area contributed by atoms with E-state index in [9.17, 15) is 0 Å². The second kappa shape index (κ2) is 4.88. The summed E-state index contributed by atoms with van der Waals surface area (Å²) in [4.78, 5) is 8.94. The third-order valence-corrected chi connectivity index (χ3v) is 3.10. The molecule has 0 spiro atoms. The van der Waals surface area contributed by atoms with Crippen LogP contribution in [0.3, 0.4) is 0 Å². The van der Waals surface area contributed by atoms with E-state index in [-0.39, 0.29) is 0 Å². The monoisotopic (exact) mass is 244 g/mol. The zero-order valence-corrected chi connectivity index (χ0v) is 11.8. The largest absolute Gasteiger partial charge is 0.251 e. The fraction of sp³-hybridized carbons (Fsp3) is 0.500. The van der Waals surface area contributed by atoms with Gasteiger partial charge in [-0.3, -0.25) is 0 Å². The van der Waals surface area contributed by atoms with Gasteiger partial charge in [0.05, 0.1) is 5.69 Å². The van der Waals surface area contributed by atoms with Gasteiger partial charge in [0.2, 0.25) is 0 Å². The van der Waals surface area contributed by atoms with Crippen LogP contribution in [0.15, 0.2) is 6.07 Å². The average molecular weight is 244 g/mol. The number of rotatable bonds is 3. The smallest absolute Gasteiger partial charge is 0.216 e. The second-order valence-electron chi connectivity index (χ2n) is 4.76. The summed E-state index contributed by atoms with van der Waals surface area (Å²) in [7, 11) is 0. The molecule has 2 rings (SSSR count). The van der Waals surface area contributed by atoms with Crippen molar-refractivity contribution >= 4 is 0 Å². The zero-order chi connectivity index (χ0) is 13.3. The van der Waals surface area contributed by atoms with Crippen LogP contribution in [0, 0.1) is 27.7 Å². The lowest BCUT2D eigenvalue weighted by atomic mass is 10.1. The van der Waals surface area contributed by atoms with Crippen molar-refractivity contribution in [3.05, 3.63) is 34.4 Å². The molecule has 4 nitrogen and oxygen atoms in total. The Morgan fingerprint density at radius 1 is 1.06 bits per heavy atom. The first-order valence-electron chi connectivity index (χ1n) is 6.40. The topological polar surface area (TPSA) is 43.6 Å². The van der Waals surface area contributed by atoms with Crippen LogP contribution in [-0.4, -0.2) is 19.7 Å². The van der Waals surface area contributed by atoms with Gasteiger partial charge in [0.25, 0.3) is 5.95 Å². The lowest BCUT2D eigenvalue weighted by Crippen LogP contribution is -2.07. The quantitative estimate of drug-likeness (QED) is 0.834. The summed E-state index contributed by atoms with van der Waals surface area (Å²) in [6.45, 7) is 10.3. The summed E-state index contributed by atoms with van der Waals surface area (Å²) in [6, 6.07) is 1.97. The molecule has 0 atom stereocenters. The van der Waals surface area contributed by atoms with Crippen LogP contribution < -0.4 is 0 Å². The Hall–Kier alpha value is -1.71. The van der Waals surface area contributed by atoms with Crippen LogP contribution in [0.5, 0.6) is 0 Å². The normalized spacial score (nSPS) is 10.9. The molecule has 0 fully saturated rings. The maximum atomic E-state index is 4.57. The lowest BCUT2D eigenvalue weighted by molar-refractivity contribution is 0.761. The molecular weight excluding hydrogens is 224 g/mol. The maximum Gasteiger partial charge on any atom is 0.251 e. The molecule has 0 aliphatic heterocycles. The fourth-order valence-electron chi connectivity index (χ4n) is 2.28. The molecule has 2 aromatic rings. The van der Waals surface area contributed by atoms with Crippen molar-refractivity contribution in [3.63, 3.8) is 0 Å². The van der Waals surface area contributed by atoms with Gasteiger partial charge in [-0.05, 0) is 45.7 Å². The van der Waals surface area contributed by atoms with Crippen molar-refractivity contribution in [1.29, 1.82) is 0 Å². The van der Waals surface area contributed by atoms with Crippen LogP contribution in [0.25, 0.3) is 5.95 Å². The highest BCUT2D eigenvalue weighted by molar-refractivity contribution is 5.30. The van der Waals surface area contributed by atoms with Crippen molar-refractivity contribution in [2.75, 3.05) is 0 Å². The minimum Gasteiger partial charge on any atom is -0.216 e. The van der Waals surface area contributed by atoms with Gasteiger partial charge in [-0.2, -0.15) is 5.10 Å². The van der Waals surface area contributed by atoms with Crippen LogP contribution in [0.1, 0.15) is 41.7 Å². The van der Waals surface area contributed by atoms with Crippen molar-refractivity contribution in [3.8, 4) is 5.95 Å². The molecule has 18 heavy (non-hydrogen) atoms. The van der Waals surface area contributed by atoms with Gasteiger partial charge in [-0.15, -0.1) is 0 Å². The molecule has 0 N–H and O–H groups in total. The highest BCUT2D eigenvalue weighted by Crippen LogP contribution is 2.17. The first kappa shape index (κ1) is 12.7. The van der Waals surface area contributed by atoms with E-state index in [1.807, 2.05) is 24.6 Å². The van der Waals surface area contributed by atoms with Gasteiger partial charge in [-0.25, -0.2) is 14.6 Å². The number of nitrogens with zero attached hydrogens (tertiary/aromatic N) is 4. The van der Waals surface area contributed by atoms with E-state index in [0.29, 0.717) is 5.95 Å². The number of aryl methyl sites for hydroxylation is 3. The lowest BCUT2D eigenvalue weighted by Gasteiger charge is -2.05. The van der Waals surface area contributed by atoms with Crippen molar-refractivity contribution in [2.24, 2.45) is 0 Å². The molecule has 0 saturated heterocycles. The number of aromatic nitrogens is 4. The Balaban J connectivity index is 2.54. The molecule has 4 heteroatoms. The standard InChI is InChI=1S/C14H20N4/c1-6-7-13-11(4)17-18(12(13)5)14-15-9(2)8-10(3)16-14/h8H,6-7H2,1-5H3. The Kier molecular flexibility index (Phi) is 3.45. The fourth-order valence-corrected chi connectivity index (χ4v) is 2.28. The van der Waals surface area contributed by atoms with Crippen LogP contribution in [0.2, 0.25) is 0 Å². The second-order valence-corrected chi connectivity index (χ2v) is 4.76. The minimum atomic E-state index is 0.676. The number of hydrogen-bond donors (Lipinski definition) is 0. The highest BCUT2D eigenvalue weighted by Gasteiger charge is 2.14. The third kappa shape index (κ3) is 2.28. The Morgan fingerprint density at radius 3 is 2.22 bits per heavy atom. The van der Waals surface area contributed by atoms with Gasteiger partial charge in [0.15, 0.2) is 0 Å². The molecule has 0 saturated carbocycles. The summed E-state index contributed by atoms with van der Waals surface area (Å²) in [5.41, 5.74) is 5.50. The van der Waals surface area contributed by atoms with Crippen LogP contribution >= 0.6 is 0 Å². The Morgan fingerprint density at radius 2 is 1.67 bits per heavy atom. The summed E-state index contributed by atoms with van der Waals surface area (Å²) in [6.07, 6.45) is 2.18. The van der Waals surface area contributed by atoms with Gasteiger partial charge < -0.3 is 0 Å². The molecule has 0 unspecified atom stereocenters. The minimum absolute atomic E-state index is 0.676. The molecule has 0 amide bonds. The SMILES string of the molecule is CCCc1c(C)nn(-c2nc(C)cc(C)n2)c1C. The van der Waals surface area contributed by atoms with Crippen molar-refractivity contribution in [1.82, 2.24) is 19.7 Å². The summed E-state index contributed by atoms with van der Waals surface area (Å²) in [5.74, 6) is 0.676.